The fourth-order valence-electron chi connectivity index (χ4n) is 3.80. The summed E-state index contributed by atoms with van der Waals surface area (Å²) in [7, 11) is 0. The molecule has 26 heavy (non-hydrogen) atoms. The number of rotatable bonds is 3. The molecule has 0 aliphatic heterocycles. The Kier molecular flexibility index (Phi) is 3.83. The minimum atomic E-state index is -1.46. The largest absolute Gasteiger partial charge is 0.382 e. The molecule has 4 rings (SSSR count). The quantitative estimate of drug-likeness (QED) is 0.549. The maximum absolute atomic E-state index is 11.5. The fourth-order valence-corrected chi connectivity index (χ4v) is 3.80. The van der Waals surface area contributed by atoms with Gasteiger partial charge < -0.3 is 10.2 Å². The van der Waals surface area contributed by atoms with Gasteiger partial charge in [-0.2, -0.15) is 0 Å². The van der Waals surface area contributed by atoms with Gasteiger partial charge in [-0.3, -0.25) is 0 Å². The summed E-state index contributed by atoms with van der Waals surface area (Å²) in [6.07, 6.45) is 0. The molecule has 2 N–H and O–H groups in total. The first-order chi connectivity index (χ1) is 12.4. The number of fused-ring (bicyclic) bond motifs is 2. The van der Waals surface area contributed by atoms with Crippen molar-refractivity contribution < 1.29 is 10.2 Å². The summed E-state index contributed by atoms with van der Waals surface area (Å²) in [5.74, 6) is 0. The van der Waals surface area contributed by atoms with Crippen molar-refractivity contribution in [2.45, 2.75) is 25.0 Å². The van der Waals surface area contributed by atoms with Gasteiger partial charge in [0.1, 0.15) is 11.2 Å². The third kappa shape index (κ3) is 2.42. The average molecular weight is 342 g/mol. The minimum absolute atomic E-state index is 0.725. The molecular weight excluding hydrogens is 320 g/mol. The molecule has 0 radical (unpaired) electrons. The monoisotopic (exact) mass is 342 g/mol. The highest BCUT2D eigenvalue weighted by Gasteiger charge is 2.47. The zero-order chi connectivity index (χ0) is 18.4. The Labute approximate surface area is 154 Å². The molecule has 0 aromatic rings. The SMILES string of the molecule is CC(O)(c1ccc2cccccc1-2)C(C)(O)c1ccc2cccccc1-2. The summed E-state index contributed by atoms with van der Waals surface area (Å²) in [6.45, 7) is 3.38. The molecule has 2 heteroatoms. The van der Waals surface area contributed by atoms with E-state index >= 15 is 0 Å². The summed E-state index contributed by atoms with van der Waals surface area (Å²) >= 11 is 0. The topological polar surface area (TPSA) is 40.5 Å². The normalized spacial score (nSPS) is 16.3. The van der Waals surface area contributed by atoms with Crippen LogP contribution >= 0.6 is 0 Å². The summed E-state index contributed by atoms with van der Waals surface area (Å²) in [4.78, 5) is 0. The van der Waals surface area contributed by atoms with Gasteiger partial charge in [0.05, 0.1) is 0 Å². The van der Waals surface area contributed by atoms with Crippen molar-refractivity contribution in [1.82, 2.24) is 0 Å². The van der Waals surface area contributed by atoms with Crippen LogP contribution in [0.5, 0.6) is 0 Å². The predicted octanol–water partition coefficient (Wildman–Crippen LogP) is 5.01. The third-order valence-electron chi connectivity index (χ3n) is 5.58. The van der Waals surface area contributed by atoms with Gasteiger partial charge in [-0.25, -0.2) is 0 Å². The number of hydrogen-bond acceptors (Lipinski definition) is 2. The van der Waals surface area contributed by atoms with Gasteiger partial charge in [0, 0.05) is 0 Å². The van der Waals surface area contributed by atoms with E-state index in [4.69, 9.17) is 0 Å². The first kappa shape index (κ1) is 16.8. The van der Waals surface area contributed by atoms with Crippen molar-refractivity contribution in [2.75, 3.05) is 0 Å². The molecule has 0 aromatic carbocycles. The van der Waals surface area contributed by atoms with E-state index in [1.165, 1.54) is 0 Å². The van der Waals surface area contributed by atoms with E-state index in [9.17, 15) is 10.2 Å². The van der Waals surface area contributed by atoms with Crippen LogP contribution in [0.3, 0.4) is 0 Å². The van der Waals surface area contributed by atoms with Crippen LogP contribution < -0.4 is 0 Å². The van der Waals surface area contributed by atoms with Gasteiger partial charge in [0.25, 0.3) is 0 Å². The van der Waals surface area contributed by atoms with Crippen LogP contribution in [-0.2, 0) is 11.2 Å². The smallest absolute Gasteiger partial charge is 0.120 e. The average Bonchev–Trinajstić information content (AvgIpc) is 3.03. The molecule has 0 bridgehead atoms. The number of aliphatic hydroxyl groups is 2. The molecule has 130 valence electrons. The minimum Gasteiger partial charge on any atom is -0.382 e. The zero-order valence-electron chi connectivity index (χ0n) is 15.0. The highest BCUT2D eigenvalue weighted by Crippen LogP contribution is 2.48. The molecule has 2 unspecified atom stereocenters. The molecule has 0 fully saturated rings. The zero-order valence-corrected chi connectivity index (χ0v) is 15.0. The van der Waals surface area contributed by atoms with E-state index in [0.29, 0.717) is 0 Å². The first-order valence-electron chi connectivity index (χ1n) is 8.84. The van der Waals surface area contributed by atoms with Crippen molar-refractivity contribution in [1.29, 1.82) is 0 Å². The van der Waals surface area contributed by atoms with Crippen LogP contribution in [0, 0.1) is 0 Å². The van der Waals surface area contributed by atoms with Gasteiger partial charge in [0.2, 0.25) is 0 Å². The first-order valence-corrected chi connectivity index (χ1v) is 8.84. The van der Waals surface area contributed by atoms with Crippen molar-refractivity contribution in [2.24, 2.45) is 0 Å². The van der Waals surface area contributed by atoms with Crippen LogP contribution in [0.2, 0.25) is 0 Å². The van der Waals surface area contributed by atoms with Gasteiger partial charge in [-0.1, -0.05) is 84.9 Å². The van der Waals surface area contributed by atoms with E-state index in [2.05, 4.69) is 0 Å². The lowest BCUT2D eigenvalue weighted by Crippen LogP contribution is -2.45. The Hall–Kier alpha value is -2.68. The second kappa shape index (κ2) is 5.94. The number of hydrogen-bond donors (Lipinski definition) is 2. The van der Waals surface area contributed by atoms with Crippen LogP contribution in [0.25, 0.3) is 22.3 Å². The Bertz CT molecular complexity index is 918. The molecule has 0 saturated carbocycles. The molecule has 0 heterocycles. The molecule has 4 aliphatic carbocycles. The second-order valence-corrected chi connectivity index (χ2v) is 7.20. The molecular formula is C24H22O2. The highest BCUT2D eigenvalue weighted by atomic mass is 16.4. The third-order valence-corrected chi connectivity index (χ3v) is 5.58. The van der Waals surface area contributed by atoms with Crippen LogP contribution in [0.15, 0.2) is 84.9 Å². The molecule has 0 spiro atoms. The maximum Gasteiger partial charge on any atom is 0.120 e. The molecule has 4 aliphatic rings. The summed E-state index contributed by atoms with van der Waals surface area (Å²) in [6, 6.07) is 27.6. The van der Waals surface area contributed by atoms with Crippen molar-refractivity contribution in [3.63, 3.8) is 0 Å². The van der Waals surface area contributed by atoms with Crippen molar-refractivity contribution >= 4 is 0 Å². The van der Waals surface area contributed by atoms with E-state index in [1.807, 2.05) is 84.9 Å². The van der Waals surface area contributed by atoms with E-state index < -0.39 is 11.2 Å². The molecule has 2 atom stereocenters. The molecule has 0 saturated heterocycles. The lowest BCUT2D eigenvalue weighted by atomic mass is 9.74. The van der Waals surface area contributed by atoms with E-state index in [-0.39, 0.29) is 0 Å². The van der Waals surface area contributed by atoms with E-state index in [0.717, 1.165) is 33.4 Å². The fraction of sp³-hybridized carbons (Fsp3) is 0.167. The van der Waals surface area contributed by atoms with Crippen LogP contribution in [0.1, 0.15) is 25.0 Å². The Morgan fingerprint density at radius 3 is 1.31 bits per heavy atom. The maximum atomic E-state index is 11.5. The highest BCUT2D eigenvalue weighted by molar-refractivity contribution is 5.74. The van der Waals surface area contributed by atoms with E-state index in [1.54, 1.807) is 13.8 Å². The molecule has 0 aromatic heterocycles. The summed E-state index contributed by atoms with van der Waals surface area (Å²) in [5, 5.41) is 23.1. The van der Waals surface area contributed by atoms with Gasteiger partial charge in [0.15, 0.2) is 0 Å². The predicted molar refractivity (Wildman–Crippen MR) is 105 cm³/mol. The van der Waals surface area contributed by atoms with Crippen molar-refractivity contribution in [3.8, 4) is 22.3 Å². The summed E-state index contributed by atoms with van der Waals surface area (Å²) in [5.41, 5.74) is 2.51. The van der Waals surface area contributed by atoms with Gasteiger partial charge >= 0.3 is 0 Å². The molecule has 0 amide bonds. The Balaban J connectivity index is 1.87. The van der Waals surface area contributed by atoms with Gasteiger partial charge in [-0.15, -0.1) is 0 Å². The second-order valence-electron chi connectivity index (χ2n) is 7.20. The standard InChI is InChI=1S/C24H22O2/c1-23(25,21-15-13-17-9-5-3-7-11-19(17)21)24(2,26)22-16-14-18-10-6-4-8-12-20(18)22/h3-16,25-26H,1-2H3. The van der Waals surface area contributed by atoms with Gasteiger partial charge in [-0.05, 0) is 47.2 Å². The van der Waals surface area contributed by atoms with Crippen molar-refractivity contribution in [3.05, 3.63) is 96.1 Å². The lowest BCUT2D eigenvalue weighted by Gasteiger charge is -2.39. The molecule has 2 nitrogen and oxygen atoms in total. The Morgan fingerprint density at radius 2 is 0.885 bits per heavy atom. The summed E-state index contributed by atoms with van der Waals surface area (Å²) < 4.78 is 0. The Morgan fingerprint density at radius 1 is 0.500 bits per heavy atom. The van der Waals surface area contributed by atoms with Crippen LogP contribution in [-0.4, -0.2) is 10.2 Å². The lowest BCUT2D eigenvalue weighted by molar-refractivity contribution is -0.142. The van der Waals surface area contributed by atoms with Crippen LogP contribution in [0.4, 0.5) is 0 Å².